The molecule has 4 aromatic carbocycles. The Morgan fingerprint density at radius 3 is 0.979 bits per heavy atom. The number of rotatable bonds is 7. The molecule has 47 heavy (non-hydrogen) atoms. The van der Waals surface area contributed by atoms with Crippen molar-refractivity contribution in [3.63, 3.8) is 0 Å². The van der Waals surface area contributed by atoms with Crippen LogP contribution in [-0.4, -0.2) is 21.4 Å². The molecule has 0 fully saturated rings. The van der Waals surface area contributed by atoms with Crippen LogP contribution in [0.25, 0.3) is 0 Å². The van der Waals surface area contributed by atoms with E-state index in [1.54, 1.807) is 0 Å². The van der Waals surface area contributed by atoms with Crippen LogP contribution in [0.2, 0.25) is 0 Å². The summed E-state index contributed by atoms with van der Waals surface area (Å²) in [7, 11) is -1.30. The first-order chi connectivity index (χ1) is 21.8. The summed E-state index contributed by atoms with van der Waals surface area (Å²) in [6.45, 7) is 0. The molecule has 0 unspecified atom stereocenters. The fraction of sp³-hybridized carbons (Fsp3) is 0.0769. The maximum atomic E-state index is 14.5. The highest BCUT2D eigenvalue weighted by atomic mass is 19.2. The zero-order chi connectivity index (χ0) is 35.7. The molecule has 0 aromatic heterocycles. The summed E-state index contributed by atoms with van der Waals surface area (Å²) in [5.74, 6) is -39.1. The van der Waals surface area contributed by atoms with Crippen LogP contribution in [0.1, 0.15) is 0 Å². The number of nitrogens with one attached hydrogen (secondary N) is 1. The van der Waals surface area contributed by atoms with Gasteiger partial charge in [0.15, 0.2) is 40.5 Å². The van der Waals surface area contributed by atoms with Gasteiger partial charge in [0.1, 0.15) is 0 Å². The predicted molar refractivity (Wildman–Crippen MR) is 124 cm³/mol. The van der Waals surface area contributed by atoms with Gasteiger partial charge in [-0.15, -0.1) is 6.07 Å². The first-order valence-electron chi connectivity index (χ1n) is 11.8. The molecule has 0 heterocycles. The quantitative estimate of drug-likeness (QED) is 0.101. The van der Waals surface area contributed by atoms with Crippen molar-refractivity contribution in [3.05, 3.63) is 117 Å². The summed E-state index contributed by atoms with van der Waals surface area (Å²) in [6.07, 6.45) is 0. The fourth-order valence-electron chi connectivity index (χ4n) is 3.28. The van der Waals surface area contributed by atoms with Crippen molar-refractivity contribution in [3.8, 4) is 17.2 Å². The molecule has 0 radical (unpaired) electrons. The monoisotopic (exact) mass is 699 g/mol. The zero-order valence-corrected chi connectivity index (χ0v) is 22.6. The van der Waals surface area contributed by atoms with E-state index in [1.807, 2.05) is 0 Å². The molecule has 4 aromatic rings. The van der Waals surface area contributed by atoms with Gasteiger partial charge in [0.25, 0.3) is 0 Å². The van der Waals surface area contributed by atoms with Crippen LogP contribution in [0.3, 0.4) is 0 Å². The van der Waals surface area contributed by atoms with Crippen LogP contribution < -0.4 is 18.9 Å². The minimum absolute atomic E-state index is 0.126. The van der Waals surface area contributed by atoms with Gasteiger partial charge in [0, 0.05) is 35.4 Å². The third-order valence-electron chi connectivity index (χ3n) is 5.40. The Hall–Kier alpha value is -4.82. The Kier molecular flexibility index (Phi) is 11.2. The third kappa shape index (κ3) is 7.61. The predicted octanol–water partition coefficient (Wildman–Crippen LogP) is 6.70. The average molecular weight is 699 g/mol. The lowest BCUT2D eigenvalue weighted by atomic mass is 10.1. The molecule has 0 spiro atoms. The summed E-state index contributed by atoms with van der Waals surface area (Å²) < 4.78 is 229. The molecule has 21 heteroatoms. The van der Waals surface area contributed by atoms with Gasteiger partial charge in [-0.1, -0.05) is 6.07 Å². The molecule has 4 nitrogen and oxygen atoms in total. The summed E-state index contributed by atoms with van der Waals surface area (Å²) in [6, 6.07) is 0.714. The van der Waals surface area contributed by atoms with Crippen molar-refractivity contribution >= 4 is 13.0 Å². The van der Waals surface area contributed by atoms with E-state index in [1.165, 1.54) is 6.07 Å². The maximum Gasteiger partial charge on any atom is 0.864 e. The lowest BCUT2D eigenvalue weighted by molar-refractivity contribution is -0.789. The fourth-order valence-corrected chi connectivity index (χ4v) is 3.28. The van der Waals surface area contributed by atoms with Crippen LogP contribution in [0.4, 0.5) is 75.9 Å². The first kappa shape index (κ1) is 36.7. The Balaban J connectivity index is 0.000000511. The standard InChI is InChI=1S/C20H8BF12NO3.C6HF4/c1-34(2)17-13(30)15(32)20(16(33)14(17)31)37-21(35-18-9(26)5(22)3-6(23)10(18)27)36-19-11(28)7(24)4-8(25)12(19)29;7-3-1-4(8)6(10)2-5(3)9/h3-4H,1-2H3;1H/q;-1/p+1. The van der Waals surface area contributed by atoms with Gasteiger partial charge in [0.2, 0.25) is 52.2 Å². The second-order valence-electron chi connectivity index (χ2n) is 8.79. The molecule has 0 saturated carbocycles. The number of halogens is 16. The van der Waals surface area contributed by atoms with Gasteiger partial charge in [-0.3, -0.25) is 8.78 Å². The van der Waals surface area contributed by atoms with Gasteiger partial charge >= 0.3 is 7.32 Å². The largest absolute Gasteiger partial charge is 0.864 e. The van der Waals surface area contributed by atoms with Gasteiger partial charge < -0.3 is 18.9 Å². The molecule has 0 amide bonds. The van der Waals surface area contributed by atoms with Crippen molar-refractivity contribution in [2.24, 2.45) is 0 Å². The van der Waals surface area contributed by atoms with Crippen LogP contribution in [0.5, 0.6) is 17.2 Å². The number of benzene rings is 4. The molecule has 0 aliphatic rings. The summed E-state index contributed by atoms with van der Waals surface area (Å²) >= 11 is 0. The molecule has 1 N–H and O–H groups in total. The second-order valence-corrected chi connectivity index (χ2v) is 8.79. The van der Waals surface area contributed by atoms with E-state index in [-0.39, 0.29) is 23.1 Å². The summed E-state index contributed by atoms with van der Waals surface area (Å²) in [5, 5.41) is 0. The summed E-state index contributed by atoms with van der Waals surface area (Å²) in [4.78, 5) is -0.290. The van der Waals surface area contributed by atoms with Crippen molar-refractivity contribution in [2.75, 3.05) is 14.1 Å². The highest BCUT2D eigenvalue weighted by Gasteiger charge is 2.41. The van der Waals surface area contributed by atoms with E-state index < -0.39 is 123 Å². The topological polar surface area (TPSA) is 32.1 Å². The highest BCUT2D eigenvalue weighted by molar-refractivity contribution is 6.39. The SMILES string of the molecule is C[NH+](C)c1c(F)c(F)c(OB(Oc2c(F)c(F)cc(F)c2F)Oc2c(F)c(F)cc(F)c2F)c(F)c1F.Fc1[c-]c(F)c(F)cc1F. The number of quaternary nitrogens is 1. The first-order valence-corrected chi connectivity index (χ1v) is 11.8. The van der Waals surface area contributed by atoms with Crippen LogP contribution in [-0.2, 0) is 0 Å². The maximum absolute atomic E-state index is 14.5. The molecule has 0 saturated heterocycles. The highest BCUT2D eigenvalue weighted by Crippen LogP contribution is 2.34. The van der Waals surface area contributed by atoms with Crippen LogP contribution in [0.15, 0.2) is 18.2 Å². The summed E-state index contributed by atoms with van der Waals surface area (Å²) in [5.41, 5.74) is -1.21. The Bertz CT molecular complexity index is 1640. The normalized spacial score (nSPS) is 11.0. The van der Waals surface area contributed by atoms with E-state index in [9.17, 15) is 70.2 Å². The van der Waals surface area contributed by atoms with E-state index in [0.717, 1.165) is 14.1 Å². The Labute approximate surface area is 251 Å². The van der Waals surface area contributed by atoms with Gasteiger partial charge in [0.05, 0.1) is 14.1 Å². The molecule has 0 atom stereocenters. The van der Waals surface area contributed by atoms with Crippen molar-refractivity contribution in [2.45, 2.75) is 0 Å². The molecule has 4 rings (SSSR count). The smallest absolute Gasteiger partial charge is 0.484 e. The van der Waals surface area contributed by atoms with Crippen LogP contribution in [0, 0.1) is 99.1 Å². The van der Waals surface area contributed by atoms with Crippen molar-refractivity contribution < 1.29 is 89.1 Å². The minimum atomic E-state index is -3.39. The van der Waals surface area contributed by atoms with E-state index in [4.69, 9.17) is 0 Å². The Morgan fingerprint density at radius 2 is 0.702 bits per heavy atom. The van der Waals surface area contributed by atoms with E-state index >= 15 is 0 Å². The Morgan fingerprint density at radius 1 is 0.426 bits per heavy atom. The molecule has 0 aliphatic heterocycles. The average Bonchev–Trinajstić information content (AvgIpc) is 2.99. The zero-order valence-electron chi connectivity index (χ0n) is 22.6. The van der Waals surface area contributed by atoms with Gasteiger partial charge in [-0.05, 0) is 0 Å². The van der Waals surface area contributed by atoms with Crippen molar-refractivity contribution in [1.82, 2.24) is 0 Å². The molecular weight excluding hydrogens is 689 g/mol. The van der Waals surface area contributed by atoms with Crippen molar-refractivity contribution in [1.29, 1.82) is 0 Å². The van der Waals surface area contributed by atoms with E-state index in [0.29, 0.717) is 0 Å². The lowest BCUT2D eigenvalue weighted by Gasteiger charge is -2.20. The number of hydrogen-bond acceptors (Lipinski definition) is 3. The molecule has 252 valence electrons. The lowest BCUT2D eigenvalue weighted by Crippen LogP contribution is -3.01. The number of hydrogen-bond donors (Lipinski definition) is 1. The molecule has 0 bridgehead atoms. The van der Waals surface area contributed by atoms with Gasteiger partial charge in [-0.2, -0.15) is 35.1 Å². The third-order valence-corrected chi connectivity index (χ3v) is 5.40. The molecular formula is C26H10BF16NO3. The van der Waals surface area contributed by atoms with Gasteiger partial charge in [-0.25, -0.2) is 26.3 Å². The van der Waals surface area contributed by atoms with E-state index in [2.05, 4.69) is 14.0 Å². The second kappa shape index (κ2) is 14.3. The minimum Gasteiger partial charge on any atom is -0.484 e. The molecule has 0 aliphatic carbocycles. The van der Waals surface area contributed by atoms with Crippen LogP contribution >= 0.6 is 0 Å².